The number of nitrogens with zero attached hydrogens (tertiary/aromatic N) is 2. The van der Waals surface area contributed by atoms with E-state index in [0.29, 0.717) is 0 Å². The zero-order valence-electron chi connectivity index (χ0n) is 8.26. The maximum absolute atomic E-state index is 13.8. The summed E-state index contributed by atoms with van der Waals surface area (Å²) in [6, 6.07) is -0.275. The van der Waals surface area contributed by atoms with Crippen LogP contribution in [0.15, 0.2) is 4.47 Å². The molecule has 0 spiro atoms. The predicted octanol–water partition coefficient (Wildman–Crippen LogP) is 3.04. The largest absolute Gasteiger partial charge is 0.493 e. The molecule has 0 aliphatic rings. The summed E-state index contributed by atoms with van der Waals surface area (Å²) >= 11 is 8.34. The molecule has 17 heavy (non-hydrogen) atoms. The predicted molar refractivity (Wildman–Crippen MR) is 60.4 cm³/mol. The summed E-state index contributed by atoms with van der Waals surface area (Å²) in [5, 5.41) is 8.52. The highest BCUT2D eigenvalue weighted by molar-refractivity contribution is 9.10. The fraction of sp³-hybridized carbons (Fsp3) is 0.111. The first-order chi connectivity index (χ1) is 7.97. The first-order valence-corrected chi connectivity index (χ1v) is 5.41. The van der Waals surface area contributed by atoms with Crippen LogP contribution in [-0.2, 0) is 0 Å². The summed E-state index contributed by atoms with van der Waals surface area (Å²) in [5.74, 6) is -2.64. The van der Waals surface area contributed by atoms with Crippen LogP contribution in [0.5, 0.6) is 11.9 Å². The molecule has 0 bridgehead atoms. The number of rotatable bonds is 1. The molecule has 1 aromatic carbocycles. The van der Waals surface area contributed by atoms with Gasteiger partial charge in [0.1, 0.15) is 10.9 Å². The zero-order chi connectivity index (χ0) is 12.7. The molecule has 8 heteroatoms. The second-order valence-electron chi connectivity index (χ2n) is 3.01. The molecule has 1 N–H and O–H groups in total. The summed E-state index contributed by atoms with van der Waals surface area (Å²) in [4.78, 5) is 7.05. The Bertz CT molecular complexity index is 624. The average Bonchev–Trinajstić information content (AvgIpc) is 2.32. The Morgan fingerprint density at radius 1 is 1.29 bits per heavy atom. The van der Waals surface area contributed by atoms with E-state index in [4.69, 9.17) is 11.6 Å². The summed E-state index contributed by atoms with van der Waals surface area (Å²) in [5.41, 5.74) is -0.414. The van der Waals surface area contributed by atoms with Gasteiger partial charge < -0.3 is 9.84 Å². The van der Waals surface area contributed by atoms with E-state index in [0.717, 1.165) is 0 Å². The molecule has 0 unspecified atom stereocenters. The Morgan fingerprint density at radius 3 is 2.53 bits per heavy atom. The Morgan fingerprint density at radius 2 is 1.94 bits per heavy atom. The van der Waals surface area contributed by atoms with Crippen LogP contribution in [0, 0.1) is 11.6 Å². The number of halogens is 4. The fourth-order valence-electron chi connectivity index (χ4n) is 1.29. The molecular weight excluding hydrogens is 321 g/mol. The van der Waals surface area contributed by atoms with Crippen molar-refractivity contribution < 1.29 is 18.6 Å². The molecule has 0 radical (unpaired) electrons. The zero-order valence-corrected chi connectivity index (χ0v) is 10.6. The van der Waals surface area contributed by atoms with Gasteiger partial charge in [0.2, 0.25) is 5.88 Å². The van der Waals surface area contributed by atoms with Crippen molar-refractivity contribution in [3.8, 4) is 11.9 Å². The molecule has 0 atom stereocenters. The lowest BCUT2D eigenvalue weighted by molar-refractivity contribution is 0.366. The van der Waals surface area contributed by atoms with Crippen molar-refractivity contribution in [3.05, 3.63) is 21.1 Å². The van der Waals surface area contributed by atoms with E-state index in [1.165, 1.54) is 7.11 Å². The van der Waals surface area contributed by atoms with E-state index in [9.17, 15) is 13.9 Å². The highest BCUT2D eigenvalue weighted by atomic mass is 79.9. The molecule has 0 amide bonds. The minimum absolute atomic E-state index is 0.274. The number of aromatic nitrogens is 2. The quantitative estimate of drug-likeness (QED) is 0.647. The molecule has 0 saturated carbocycles. The summed E-state index contributed by atoms with van der Waals surface area (Å²) in [6.07, 6.45) is 0. The van der Waals surface area contributed by atoms with Crippen molar-refractivity contribution in [2.45, 2.75) is 0 Å². The summed E-state index contributed by atoms with van der Waals surface area (Å²) in [7, 11) is 1.24. The third-order valence-corrected chi connectivity index (χ3v) is 3.39. The van der Waals surface area contributed by atoms with Crippen molar-refractivity contribution >= 4 is 38.4 Å². The van der Waals surface area contributed by atoms with Crippen molar-refractivity contribution in [3.63, 3.8) is 0 Å². The Hall–Kier alpha value is -1.21. The smallest absolute Gasteiger partial charge is 0.320 e. The first-order valence-electron chi connectivity index (χ1n) is 4.24. The van der Waals surface area contributed by atoms with E-state index >= 15 is 0 Å². The van der Waals surface area contributed by atoms with Gasteiger partial charge in [0, 0.05) is 0 Å². The van der Waals surface area contributed by atoms with E-state index < -0.39 is 33.4 Å². The number of benzene rings is 1. The lowest BCUT2D eigenvalue weighted by Gasteiger charge is -2.08. The lowest BCUT2D eigenvalue weighted by atomic mass is 10.2. The normalized spacial score (nSPS) is 10.9. The van der Waals surface area contributed by atoms with Crippen molar-refractivity contribution in [1.29, 1.82) is 0 Å². The van der Waals surface area contributed by atoms with E-state index in [1.54, 1.807) is 0 Å². The van der Waals surface area contributed by atoms with Crippen LogP contribution in [0.1, 0.15) is 0 Å². The number of ether oxygens (including phenoxy) is 1. The number of aromatic hydroxyl groups is 1. The van der Waals surface area contributed by atoms with Crippen molar-refractivity contribution in [1.82, 2.24) is 9.97 Å². The summed E-state index contributed by atoms with van der Waals surface area (Å²) in [6.45, 7) is 0. The highest BCUT2D eigenvalue weighted by Gasteiger charge is 2.22. The molecule has 0 aliphatic carbocycles. The fourth-order valence-corrected chi connectivity index (χ4v) is 1.83. The number of hydrogen-bond donors (Lipinski definition) is 1. The van der Waals surface area contributed by atoms with Crippen LogP contribution in [0.25, 0.3) is 10.9 Å². The lowest BCUT2D eigenvalue weighted by Crippen LogP contribution is -1.98. The molecule has 4 nitrogen and oxygen atoms in total. The van der Waals surface area contributed by atoms with Gasteiger partial charge in [0.05, 0.1) is 16.6 Å². The first kappa shape index (κ1) is 12.3. The van der Waals surface area contributed by atoms with Crippen LogP contribution in [0.2, 0.25) is 5.02 Å². The van der Waals surface area contributed by atoms with Gasteiger partial charge in [-0.25, -0.2) is 8.78 Å². The van der Waals surface area contributed by atoms with Crippen molar-refractivity contribution in [2.75, 3.05) is 7.11 Å². The van der Waals surface area contributed by atoms with Gasteiger partial charge in [0.15, 0.2) is 11.6 Å². The van der Waals surface area contributed by atoms with E-state index in [-0.39, 0.29) is 10.5 Å². The summed E-state index contributed by atoms with van der Waals surface area (Å²) < 4.78 is 31.9. The minimum Gasteiger partial charge on any atom is -0.493 e. The molecule has 1 heterocycles. The van der Waals surface area contributed by atoms with Crippen LogP contribution in [0.3, 0.4) is 0 Å². The maximum atomic E-state index is 13.8. The van der Waals surface area contributed by atoms with Crippen LogP contribution >= 0.6 is 27.5 Å². The second kappa shape index (κ2) is 4.23. The molecule has 1 aromatic heterocycles. The average molecular weight is 325 g/mol. The van der Waals surface area contributed by atoms with Gasteiger partial charge in [-0.2, -0.15) is 9.97 Å². The molecule has 90 valence electrons. The number of hydrogen-bond acceptors (Lipinski definition) is 4. The third kappa shape index (κ3) is 1.79. The second-order valence-corrected chi connectivity index (χ2v) is 4.18. The minimum atomic E-state index is -1.00. The van der Waals surface area contributed by atoms with Gasteiger partial charge in [-0.3, -0.25) is 0 Å². The Kier molecular flexibility index (Phi) is 3.05. The van der Waals surface area contributed by atoms with E-state index in [1.807, 2.05) is 0 Å². The molecule has 0 aliphatic heterocycles. The number of fused-ring (bicyclic) bond motifs is 1. The van der Waals surface area contributed by atoms with Crippen LogP contribution in [-0.4, -0.2) is 22.2 Å². The Balaban J connectivity index is 3.00. The molecule has 0 saturated heterocycles. The van der Waals surface area contributed by atoms with E-state index in [2.05, 4.69) is 30.6 Å². The van der Waals surface area contributed by atoms with Gasteiger partial charge in [-0.15, -0.1) is 0 Å². The third-order valence-electron chi connectivity index (χ3n) is 2.06. The van der Waals surface area contributed by atoms with Gasteiger partial charge >= 0.3 is 6.01 Å². The van der Waals surface area contributed by atoms with Crippen LogP contribution in [0.4, 0.5) is 8.78 Å². The van der Waals surface area contributed by atoms with Crippen LogP contribution < -0.4 is 4.74 Å². The molecule has 0 fully saturated rings. The monoisotopic (exact) mass is 324 g/mol. The maximum Gasteiger partial charge on any atom is 0.320 e. The topological polar surface area (TPSA) is 55.2 Å². The molecular formula is C9H4BrClF2N2O2. The SMILES string of the molecule is COc1nc(O)c2c(F)c(Cl)c(Br)c(F)c2n1. The highest BCUT2D eigenvalue weighted by Crippen LogP contribution is 2.38. The van der Waals surface area contributed by atoms with Crippen molar-refractivity contribution in [2.24, 2.45) is 0 Å². The van der Waals surface area contributed by atoms with Gasteiger partial charge in [-0.1, -0.05) is 11.6 Å². The number of methoxy groups -OCH3 is 1. The standard InChI is InChI=1S/C9H4BrClF2N2O2/c1-17-9-14-7-2(8(16)15-9)5(12)4(11)3(10)6(7)13/h1H3,(H,14,15,16). The molecule has 2 aromatic rings. The molecule has 2 rings (SSSR count). The van der Waals surface area contributed by atoms with Gasteiger partial charge in [0.25, 0.3) is 0 Å². The Labute approximate surface area is 107 Å². The van der Waals surface area contributed by atoms with Gasteiger partial charge in [-0.05, 0) is 15.9 Å².